The summed E-state index contributed by atoms with van der Waals surface area (Å²) in [6, 6.07) is 0. The van der Waals surface area contributed by atoms with Gasteiger partial charge in [-0.1, -0.05) is 6.08 Å². The highest BCUT2D eigenvalue weighted by atomic mass is 32.2. The second-order valence-electron chi connectivity index (χ2n) is 2.73. The average Bonchev–Trinajstić information content (AvgIpc) is 2.33. The molecule has 1 rings (SSSR count). The van der Waals surface area contributed by atoms with E-state index >= 15 is 0 Å². The minimum atomic E-state index is -0.409. The first kappa shape index (κ1) is 8.15. The minimum Gasteiger partial charge on any atom is -0.380 e. The van der Waals surface area contributed by atoms with E-state index in [4.69, 9.17) is 0 Å². The number of rotatable bonds is 3. The Morgan fingerprint density at radius 2 is 2.50 bits per heavy atom. The standard InChI is InChI=1S/C8H14OS/c1-2-3-5-8(9)6-4-7-10-8/h2,9H,1,3-7H2. The molecule has 1 aliphatic heterocycles. The number of hydrogen-bond donors (Lipinski definition) is 1. The predicted octanol–water partition coefficient (Wildman–Crippen LogP) is 2.17. The van der Waals surface area contributed by atoms with Crippen LogP contribution in [0.25, 0.3) is 0 Å². The number of allylic oxidation sites excluding steroid dienone is 1. The molecule has 1 fully saturated rings. The third-order valence-corrected chi connectivity index (χ3v) is 3.26. The van der Waals surface area contributed by atoms with Crippen LogP contribution in [0.4, 0.5) is 0 Å². The molecule has 1 atom stereocenters. The largest absolute Gasteiger partial charge is 0.380 e. The summed E-state index contributed by atoms with van der Waals surface area (Å²) in [5.41, 5.74) is 0. The van der Waals surface area contributed by atoms with Gasteiger partial charge in [0.05, 0.1) is 0 Å². The van der Waals surface area contributed by atoms with E-state index < -0.39 is 4.93 Å². The molecule has 0 spiro atoms. The van der Waals surface area contributed by atoms with Crippen LogP contribution in [0.15, 0.2) is 12.7 Å². The molecule has 58 valence electrons. The van der Waals surface area contributed by atoms with Gasteiger partial charge in [-0.2, -0.15) is 0 Å². The third-order valence-electron chi connectivity index (χ3n) is 1.82. The van der Waals surface area contributed by atoms with Crippen molar-refractivity contribution in [3.63, 3.8) is 0 Å². The highest BCUT2D eigenvalue weighted by Crippen LogP contribution is 2.38. The van der Waals surface area contributed by atoms with Crippen LogP contribution in [0.2, 0.25) is 0 Å². The van der Waals surface area contributed by atoms with Gasteiger partial charge in [-0.25, -0.2) is 0 Å². The smallest absolute Gasteiger partial charge is 0.110 e. The summed E-state index contributed by atoms with van der Waals surface area (Å²) in [5, 5.41) is 9.74. The van der Waals surface area contributed by atoms with Gasteiger partial charge >= 0.3 is 0 Å². The summed E-state index contributed by atoms with van der Waals surface area (Å²) in [6.45, 7) is 3.63. The number of aliphatic hydroxyl groups is 1. The van der Waals surface area contributed by atoms with Crippen LogP contribution >= 0.6 is 11.8 Å². The first-order valence-electron chi connectivity index (χ1n) is 3.74. The molecule has 0 aromatic rings. The van der Waals surface area contributed by atoms with Gasteiger partial charge < -0.3 is 5.11 Å². The Labute approximate surface area is 66.5 Å². The fourth-order valence-corrected chi connectivity index (χ4v) is 2.43. The van der Waals surface area contributed by atoms with Crippen molar-refractivity contribution in [3.05, 3.63) is 12.7 Å². The van der Waals surface area contributed by atoms with E-state index in [2.05, 4.69) is 6.58 Å². The zero-order chi connectivity index (χ0) is 7.45. The van der Waals surface area contributed by atoms with Crippen molar-refractivity contribution >= 4 is 11.8 Å². The maximum absolute atomic E-state index is 9.74. The molecule has 1 unspecified atom stereocenters. The van der Waals surface area contributed by atoms with E-state index in [0.717, 1.165) is 31.4 Å². The number of hydrogen-bond acceptors (Lipinski definition) is 2. The third kappa shape index (κ3) is 2.03. The van der Waals surface area contributed by atoms with Gasteiger partial charge in [0.25, 0.3) is 0 Å². The molecular formula is C8H14OS. The van der Waals surface area contributed by atoms with Gasteiger partial charge in [0.1, 0.15) is 4.93 Å². The molecule has 1 N–H and O–H groups in total. The zero-order valence-corrected chi connectivity index (χ0v) is 6.99. The molecule has 0 radical (unpaired) electrons. The Kier molecular flexibility index (Phi) is 2.81. The van der Waals surface area contributed by atoms with E-state index in [1.807, 2.05) is 6.08 Å². The summed E-state index contributed by atoms with van der Waals surface area (Å²) >= 11 is 1.69. The molecular weight excluding hydrogens is 144 g/mol. The Hall–Kier alpha value is 0.0500. The molecule has 0 amide bonds. The van der Waals surface area contributed by atoms with Crippen molar-refractivity contribution in [2.24, 2.45) is 0 Å². The second-order valence-corrected chi connectivity index (χ2v) is 4.18. The van der Waals surface area contributed by atoms with Gasteiger partial charge in [0.2, 0.25) is 0 Å². The molecule has 1 heterocycles. The van der Waals surface area contributed by atoms with Crippen molar-refractivity contribution in [2.45, 2.75) is 30.6 Å². The Morgan fingerprint density at radius 3 is 3.00 bits per heavy atom. The molecule has 0 saturated carbocycles. The molecule has 1 saturated heterocycles. The lowest BCUT2D eigenvalue weighted by atomic mass is 10.1. The van der Waals surface area contributed by atoms with Gasteiger partial charge in [0, 0.05) is 0 Å². The van der Waals surface area contributed by atoms with E-state index in [-0.39, 0.29) is 0 Å². The molecule has 0 aromatic carbocycles. The van der Waals surface area contributed by atoms with Gasteiger partial charge in [0.15, 0.2) is 0 Å². The Balaban J connectivity index is 2.28. The van der Waals surface area contributed by atoms with E-state index in [1.54, 1.807) is 11.8 Å². The first-order chi connectivity index (χ1) is 4.77. The van der Waals surface area contributed by atoms with Crippen LogP contribution in [0, 0.1) is 0 Å². The summed E-state index contributed by atoms with van der Waals surface area (Å²) in [5.74, 6) is 1.12. The summed E-state index contributed by atoms with van der Waals surface area (Å²) in [4.78, 5) is -0.409. The Morgan fingerprint density at radius 1 is 1.70 bits per heavy atom. The van der Waals surface area contributed by atoms with Crippen molar-refractivity contribution in [3.8, 4) is 0 Å². The fraction of sp³-hybridized carbons (Fsp3) is 0.750. The van der Waals surface area contributed by atoms with Gasteiger partial charge in [-0.05, 0) is 31.4 Å². The van der Waals surface area contributed by atoms with Crippen molar-refractivity contribution in [1.29, 1.82) is 0 Å². The van der Waals surface area contributed by atoms with Crippen LogP contribution in [-0.4, -0.2) is 15.8 Å². The SMILES string of the molecule is C=CCCC1(O)CCCS1. The molecule has 2 heteroatoms. The van der Waals surface area contributed by atoms with Gasteiger partial charge in [-0.15, -0.1) is 18.3 Å². The zero-order valence-electron chi connectivity index (χ0n) is 6.18. The lowest BCUT2D eigenvalue weighted by Crippen LogP contribution is -2.18. The quantitative estimate of drug-likeness (QED) is 0.635. The van der Waals surface area contributed by atoms with Crippen LogP contribution in [0.5, 0.6) is 0 Å². The minimum absolute atomic E-state index is 0.409. The summed E-state index contributed by atoms with van der Waals surface area (Å²) < 4.78 is 0. The average molecular weight is 158 g/mol. The van der Waals surface area contributed by atoms with E-state index in [0.29, 0.717) is 0 Å². The van der Waals surface area contributed by atoms with E-state index in [1.165, 1.54) is 0 Å². The summed E-state index contributed by atoms with van der Waals surface area (Å²) in [6.07, 6.45) is 5.81. The lowest BCUT2D eigenvalue weighted by Gasteiger charge is -2.19. The van der Waals surface area contributed by atoms with E-state index in [9.17, 15) is 5.11 Å². The highest BCUT2D eigenvalue weighted by molar-refractivity contribution is 8.00. The topological polar surface area (TPSA) is 20.2 Å². The predicted molar refractivity (Wildman–Crippen MR) is 46.1 cm³/mol. The van der Waals surface area contributed by atoms with Crippen LogP contribution in [-0.2, 0) is 0 Å². The van der Waals surface area contributed by atoms with Crippen LogP contribution < -0.4 is 0 Å². The molecule has 0 aromatic heterocycles. The fourth-order valence-electron chi connectivity index (χ4n) is 1.21. The molecule has 1 nitrogen and oxygen atoms in total. The normalized spacial score (nSPS) is 32.5. The molecule has 1 aliphatic rings. The first-order valence-corrected chi connectivity index (χ1v) is 4.73. The maximum Gasteiger partial charge on any atom is 0.110 e. The van der Waals surface area contributed by atoms with Crippen molar-refractivity contribution in [2.75, 3.05) is 5.75 Å². The van der Waals surface area contributed by atoms with Crippen LogP contribution in [0.3, 0.4) is 0 Å². The molecule has 0 bridgehead atoms. The maximum atomic E-state index is 9.74. The monoisotopic (exact) mass is 158 g/mol. The lowest BCUT2D eigenvalue weighted by molar-refractivity contribution is 0.126. The molecule has 10 heavy (non-hydrogen) atoms. The highest BCUT2D eigenvalue weighted by Gasteiger charge is 2.30. The number of thioether (sulfide) groups is 1. The Bertz CT molecular complexity index is 116. The van der Waals surface area contributed by atoms with Crippen LogP contribution in [0.1, 0.15) is 25.7 Å². The van der Waals surface area contributed by atoms with Crippen molar-refractivity contribution < 1.29 is 5.11 Å². The molecule has 0 aliphatic carbocycles. The summed E-state index contributed by atoms with van der Waals surface area (Å²) in [7, 11) is 0. The van der Waals surface area contributed by atoms with Crippen molar-refractivity contribution in [1.82, 2.24) is 0 Å². The van der Waals surface area contributed by atoms with Gasteiger partial charge in [-0.3, -0.25) is 0 Å². The second kappa shape index (κ2) is 3.44.